The van der Waals surface area contributed by atoms with Crippen LogP contribution in [0.2, 0.25) is 0 Å². The van der Waals surface area contributed by atoms with Crippen LogP contribution in [0.4, 0.5) is 5.82 Å². The number of hydrogen-bond acceptors (Lipinski definition) is 4. The van der Waals surface area contributed by atoms with E-state index in [2.05, 4.69) is 30.2 Å². The standard InChI is InChI=1S/C24H31N3O3/c1-16(2)19-9-6-11-21(14-19)30-18(4)24(29)27-13-7-10-20(15-27)23(28)26-22-12-5-8-17(3)25-22/h5-6,8-9,11-12,14,16,18,20H,7,10,13,15H2,1-4H3,(H,25,26,28). The molecule has 1 fully saturated rings. The van der Waals surface area contributed by atoms with E-state index >= 15 is 0 Å². The molecule has 6 heteroatoms. The molecule has 0 bridgehead atoms. The van der Waals surface area contributed by atoms with Crippen molar-refractivity contribution < 1.29 is 14.3 Å². The number of carbonyl (C=O) groups is 2. The molecule has 0 radical (unpaired) electrons. The van der Waals surface area contributed by atoms with Crippen molar-refractivity contribution in [2.45, 2.75) is 52.6 Å². The lowest BCUT2D eigenvalue weighted by Crippen LogP contribution is -2.48. The van der Waals surface area contributed by atoms with Crippen molar-refractivity contribution in [1.29, 1.82) is 0 Å². The predicted molar refractivity (Wildman–Crippen MR) is 118 cm³/mol. The molecule has 2 amide bonds. The normalized spacial score (nSPS) is 17.5. The Bertz CT molecular complexity index is 897. The first kappa shape index (κ1) is 21.8. The number of ether oxygens (including phenoxy) is 1. The Morgan fingerprint density at radius 2 is 1.93 bits per heavy atom. The van der Waals surface area contributed by atoms with Crippen molar-refractivity contribution in [3.05, 3.63) is 53.7 Å². The number of hydrogen-bond donors (Lipinski definition) is 1. The van der Waals surface area contributed by atoms with Crippen LogP contribution < -0.4 is 10.1 Å². The zero-order valence-corrected chi connectivity index (χ0v) is 18.2. The van der Waals surface area contributed by atoms with Crippen molar-refractivity contribution in [2.24, 2.45) is 5.92 Å². The number of likely N-dealkylation sites (tertiary alicyclic amines) is 1. The van der Waals surface area contributed by atoms with Gasteiger partial charge in [-0.2, -0.15) is 0 Å². The summed E-state index contributed by atoms with van der Waals surface area (Å²) in [5, 5.41) is 2.88. The van der Waals surface area contributed by atoms with Crippen LogP contribution in [0, 0.1) is 12.8 Å². The molecule has 1 aromatic heterocycles. The highest BCUT2D eigenvalue weighted by Gasteiger charge is 2.31. The minimum atomic E-state index is -0.604. The third kappa shape index (κ3) is 5.59. The summed E-state index contributed by atoms with van der Waals surface area (Å²) in [5.41, 5.74) is 2.02. The summed E-state index contributed by atoms with van der Waals surface area (Å²) in [6.45, 7) is 8.94. The predicted octanol–water partition coefficient (Wildman–Crippen LogP) is 4.16. The number of rotatable bonds is 6. The molecule has 1 N–H and O–H groups in total. The van der Waals surface area contributed by atoms with E-state index < -0.39 is 6.10 Å². The number of anilines is 1. The lowest BCUT2D eigenvalue weighted by atomic mass is 9.96. The third-order valence-electron chi connectivity index (χ3n) is 5.43. The van der Waals surface area contributed by atoms with Crippen molar-refractivity contribution in [1.82, 2.24) is 9.88 Å². The van der Waals surface area contributed by atoms with Gasteiger partial charge >= 0.3 is 0 Å². The van der Waals surface area contributed by atoms with Crippen LogP contribution in [-0.4, -0.2) is 40.9 Å². The second-order valence-electron chi connectivity index (χ2n) is 8.26. The van der Waals surface area contributed by atoms with E-state index in [4.69, 9.17) is 4.74 Å². The molecule has 0 aliphatic carbocycles. The summed E-state index contributed by atoms with van der Waals surface area (Å²) in [6, 6.07) is 13.4. The Balaban J connectivity index is 1.59. The summed E-state index contributed by atoms with van der Waals surface area (Å²) in [6.07, 6.45) is 0.945. The first-order chi connectivity index (χ1) is 14.3. The summed E-state index contributed by atoms with van der Waals surface area (Å²) < 4.78 is 5.92. The van der Waals surface area contributed by atoms with Gasteiger partial charge < -0.3 is 15.0 Å². The fourth-order valence-corrected chi connectivity index (χ4v) is 3.69. The summed E-state index contributed by atoms with van der Waals surface area (Å²) in [7, 11) is 0. The number of aromatic nitrogens is 1. The number of nitrogens with zero attached hydrogens (tertiary/aromatic N) is 2. The van der Waals surface area contributed by atoms with E-state index in [1.165, 1.54) is 5.56 Å². The Hall–Kier alpha value is -2.89. The van der Waals surface area contributed by atoms with Gasteiger partial charge in [0.2, 0.25) is 5.91 Å². The van der Waals surface area contributed by atoms with Gasteiger partial charge in [-0.3, -0.25) is 9.59 Å². The van der Waals surface area contributed by atoms with Crippen LogP contribution in [0.3, 0.4) is 0 Å². The number of amides is 2. The molecule has 30 heavy (non-hydrogen) atoms. The minimum Gasteiger partial charge on any atom is -0.481 e. The molecule has 2 aromatic rings. The van der Waals surface area contributed by atoms with Crippen molar-refractivity contribution in [3.63, 3.8) is 0 Å². The Kier molecular flexibility index (Phi) is 7.08. The summed E-state index contributed by atoms with van der Waals surface area (Å²) >= 11 is 0. The fourth-order valence-electron chi connectivity index (χ4n) is 3.69. The third-order valence-corrected chi connectivity index (χ3v) is 5.43. The number of carbonyl (C=O) groups excluding carboxylic acids is 2. The Labute approximate surface area is 178 Å². The molecule has 2 atom stereocenters. The van der Waals surface area contributed by atoms with Crippen LogP contribution in [-0.2, 0) is 9.59 Å². The molecule has 1 aromatic carbocycles. The van der Waals surface area contributed by atoms with Crippen molar-refractivity contribution in [2.75, 3.05) is 18.4 Å². The van der Waals surface area contributed by atoms with Gasteiger partial charge in [-0.25, -0.2) is 4.98 Å². The van der Waals surface area contributed by atoms with E-state index in [9.17, 15) is 9.59 Å². The SMILES string of the molecule is Cc1cccc(NC(=O)C2CCCN(C(=O)C(C)Oc3cccc(C(C)C)c3)C2)n1. The van der Waals surface area contributed by atoms with Gasteiger partial charge in [-0.15, -0.1) is 0 Å². The molecule has 160 valence electrons. The Morgan fingerprint density at radius 3 is 2.67 bits per heavy atom. The number of piperidine rings is 1. The van der Waals surface area contributed by atoms with Gasteiger partial charge in [-0.05, 0) is 62.4 Å². The average Bonchev–Trinajstić information content (AvgIpc) is 2.73. The monoisotopic (exact) mass is 409 g/mol. The molecular formula is C24H31N3O3. The summed E-state index contributed by atoms with van der Waals surface area (Å²) in [4.78, 5) is 31.7. The smallest absolute Gasteiger partial charge is 0.263 e. The molecule has 1 aliphatic heterocycles. The molecule has 2 unspecified atom stereocenters. The lowest BCUT2D eigenvalue weighted by Gasteiger charge is -2.33. The largest absolute Gasteiger partial charge is 0.481 e. The maximum atomic E-state index is 12.9. The van der Waals surface area contributed by atoms with E-state index in [1.54, 1.807) is 17.9 Å². The van der Waals surface area contributed by atoms with E-state index in [1.807, 2.05) is 37.3 Å². The van der Waals surface area contributed by atoms with Gasteiger partial charge in [0.15, 0.2) is 6.10 Å². The molecule has 6 nitrogen and oxygen atoms in total. The zero-order chi connectivity index (χ0) is 21.7. The number of benzene rings is 1. The lowest BCUT2D eigenvalue weighted by molar-refractivity contribution is -0.140. The number of aryl methyl sites for hydroxylation is 1. The zero-order valence-electron chi connectivity index (χ0n) is 18.2. The van der Waals surface area contributed by atoms with Crippen LogP contribution >= 0.6 is 0 Å². The average molecular weight is 410 g/mol. The fraction of sp³-hybridized carbons (Fsp3) is 0.458. The van der Waals surface area contributed by atoms with Gasteiger partial charge in [-0.1, -0.05) is 32.0 Å². The molecule has 1 aliphatic rings. The first-order valence-corrected chi connectivity index (χ1v) is 10.6. The first-order valence-electron chi connectivity index (χ1n) is 10.6. The van der Waals surface area contributed by atoms with Gasteiger partial charge in [0.25, 0.3) is 5.91 Å². The van der Waals surface area contributed by atoms with Crippen LogP contribution in [0.25, 0.3) is 0 Å². The Morgan fingerprint density at radius 1 is 1.17 bits per heavy atom. The second kappa shape index (κ2) is 9.74. The minimum absolute atomic E-state index is 0.0869. The molecule has 0 spiro atoms. The highest BCUT2D eigenvalue weighted by molar-refractivity contribution is 5.92. The van der Waals surface area contributed by atoms with Gasteiger partial charge in [0.1, 0.15) is 11.6 Å². The number of nitrogens with one attached hydrogen (secondary N) is 1. The van der Waals surface area contributed by atoms with E-state index in [0.29, 0.717) is 30.6 Å². The number of pyridine rings is 1. The molecule has 3 rings (SSSR count). The maximum Gasteiger partial charge on any atom is 0.263 e. The van der Waals surface area contributed by atoms with Crippen LogP contribution in [0.1, 0.15) is 50.8 Å². The van der Waals surface area contributed by atoms with Crippen LogP contribution in [0.5, 0.6) is 5.75 Å². The maximum absolute atomic E-state index is 12.9. The van der Waals surface area contributed by atoms with Gasteiger partial charge in [0, 0.05) is 18.8 Å². The molecule has 1 saturated heterocycles. The molecule has 2 heterocycles. The van der Waals surface area contributed by atoms with E-state index in [0.717, 1.165) is 18.5 Å². The van der Waals surface area contributed by atoms with Crippen LogP contribution in [0.15, 0.2) is 42.5 Å². The topological polar surface area (TPSA) is 71.5 Å². The second-order valence-corrected chi connectivity index (χ2v) is 8.26. The quantitative estimate of drug-likeness (QED) is 0.778. The van der Waals surface area contributed by atoms with E-state index in [-0.39, 0.29) is 17.7 Å². The highest BCUT2D eigenvalue weighted by atomic mass is 16.5. The molecular weight excluding hydrogens is 378 g/mol. The van der Waals surface area contributed by atoms with Gasteiger partial charge in [0.05, 0.1) is 5.92 Å². The molecule has 0 saturated carbocycles. The highest BCUT2D eigenvalue weighted by Crippen LogP contribution is 2.23. The summed E-state index contributed by atoms with van der Waals surface area (Å²) in [5.74, 6) is 1.20. The van der Waals surface area contributed by atoms with Crippen molar-refractivity contribution in [3.8, 4) is 5.75 Å². The van der Waals surface area contributed by atoms with Crippen molar-refractivity contribution >= 4 is 17.6 Å².